The first-order valence-electron chi connectivity index (χ1n) is 4.25. The van der Waals surface area contributed by atoms with Gasteiger partial charge in [-0.2, -0.15) is 12.6 Å². The van der Waals surface area contributed by atoms with Gasteiger partial charge in [-0.25, -0.2) is 0 Å². The van der Waals surface area contributed by atoms with Crippen molar-refractivity contribution in [3.8, 4) is 0 Å². The number of nitrogens with one attached hydrogen (secondary N) is 1. The molecule has 0 radical (unpaired) electrons. The van der Waals surface area contributed by atoms with Crippen molar-refractivity contribution in [3.63, 3.8) is 0 Å². The van der Waals surface area contributed by atoms with Gasteiger partial charge < -0.3 is 10.4 Å². The molecule has 1 amide bonds. The van der Waals surface area contributed by atoms with Gasteiger partial charge in [-0.3, -0.25) is 4.79 Å². The van der Waals surface area contributed by atoms with E-state index in [-0.39, 0.29) is 18.6 Å². The Morgan fingerprint density at radius 3 is 2.75 bits per heavy atom. The Balaban J connectivity index is 3.61. The molecule has 0 saturated carbocycles. The van der Waals surface area contributed by atoms with Crippen molar-refractivity contribution in [1.29, 1.82) is 0 Å². The maximum Gasteiger partial charge on any atom is 0.221 e. The first kappa shape index (κ1) is 11.8. The van der Waals surface area contributed by atoms with Crippen molar-refractivity contribution in [2.75, 3.05) is 12.4 Å². The van der Waals surface area contributed by atoms with Gasteiger partial charge in [-0.1, -0.05) is 6.92 Å². The van der Waals surface area contributed by atoms with Gasteiger partial charge in [0.05, 0.1) is 0 Å². The normalized spacial score (nSPS) is 12.6. The Morgan fingerprint density at radius 2 is 2.33 bits per heavy atom. The van der Waals surface area contributed by atoms with E-state index in [0.717, 1.165) is 6.42 Å². The van der Waals surface area contributed by atoms with Gasteiger partial charge in [-0.05, 0) is 18.6 Å². The zero-order valence-corrected chi connectivity index (χ0v) is 8.31. The second kappa shape index (κ2) is 7.43. The highest BCUT2D eigenvalue weighted by atomic mass is 32.1. The minimum atomic E-state index is 0.0188. The number of carbonyl (C=O) groups excluding carboxylic acids is 1. The standard InChI is InChI=1S/C8H17NO2S/c1-2-7(3-5-10)9-8(11)4-6-12/h7,10,12H,2-6H2,1H3,(H,9,11). The third kappa shape index (κ3) is 5.43. The van der Waals surface area contributed by atoms with Crippen LogP contribution < -0.4 is 5.32 Å². The maximum atomic E-state index is 11.0. The minimum absolute atomic E-state index is 0.0188. The Labute approximate surface area is 79.0 Å². The highest BCUT2D eigenvalue weighted by molar-refractivity contribution is 7.80. The van der Waals surface area contributed by atoms with Crippen molar-refractivity contribution in [2.45, 2.75) is 32.2 Å². The molecule has 0 heterocycles. The molecule has 0 rings (SSSR count). The lowest BCUT2D eigenvalue weighted by Crippen LogP contribution is -2.35. The molecule has 0 spiro atoms. The van der Waals surface area contributed by atoms with E-state index in [4.69, 9.17) is 5.11 Å². The summed E-state index contributed by atoms with van der Waals surface area (Å²) in [6, 6.07) is 0.113. The Hall–Kier alpha value is -0.220. The fourth-order valence-electron chi connectivity index (χ4n) is 0.936. The summed E-state index contributed by atoms with van der Waals surface area (Å²) < 4.78 is 0. The van der Waals surface area contributed by atoms with E-state index >= 15 is 0 Å². The molecule has 0 aromatic carbocycles. The van der Waals surface area contributed by atoms with E-state index in [1.165, 1.54) is 0 Å². The van der Waals surface area contributed by atoms with Crippen molar-refractivity contribution < 1.29 is 9.90 Å². The van der Waals surface area contributed by atoms with Gasteiger partial charge >= 0.3 is 0 Å². The Morgan fingerprint density at radius 1 is 1.67 bits per heavy atom. The molecule has 4 heteroatoms. The average molecular weight is 191 g/mol. The van der Waals surface area contributed by atoms with Gasteiger partial charge in [0.2, 0.25) is 5.91 Å². The van der Waals surface area contributed by atoms with Crippen molar-refractivity contribution >= 4 is 18.5 Å². The molecular weight excluding hydrogens is 174 g/mol. The van der Waals surface area contributed by atoms with Crippen LogP contribution in [0.5, 0.6) is 0 Å². The molecule has 0 aliphatic carbocycles. The van der Waals surface area contributed by atoms with E-state index < -0.39 is 0 Å². The number of thiol groups is 1. The zero-order chi connectivity index (χ0) is 9.40. The summed E-state index contributed by atoms with van der Waals surface area (Å²) in [5, 5.41) is 11.5. The zero-order valence-electron chi connectivity index (χ0n) is 7.42. The number of hydrogen-bond acceptors (Lipinski definition) is 3. The van der Waals surface area contributed by atoms with Crippen molar-refractivity contribution in [2.24, 2.45) is 0 Å². The van der Waals surface area contributed by atoms with E-state index in [9.17, 15) is 4.79 Å². The van der Waals surface area contributed by atoms with Gasteiger partial charge in [-0.15, -0.1) is 0 Å². The highest BCUT2D eigenvalue weighted by Crippen LogP contribution is 1.97. The third-order valence-corrected chi connectivity index (χ3v) is 1.90. The SMILES string of the molecule is CCC(CCO)NC(=O)CCS. The second-order valence-corrected chi connectivity index (χ2v) is 3.11. The molecule has 0 aliphatic heterocycles. The number of hydrogen-bond donors (Lipinski definition) is 3. The summed E-state index contributed by atoms with van der Waals surface area (Å²) in [5.74, 6) is 0.590. The summed E-state index contributed by atoms with van der Waals surface area (Å²) in [5.41, 5.74) is 0. The van der Waals surface area contributed by atoms with Crippen LogP contribution in [0.2, 0.25) is 0 Å². The number of amides is 1. The lowest BCUT2D eigenvalue weighted by molar-refractivity contribution is -0.121. The predicted molar refractivity (Wildman–Crippen MR) is 52.4 cm³/mol. The molecule has 0 aromatic heterocycles. The van der Waals surface area contributed by atoms with E-state index in [1.54, 1.807) is 0 Å². The van der Waals surface area contributed by atoms with E-state index in [1.807, 2.05) is 6.92 Å². The van der Waals surface area contributed by atoms with Crippen LogP contribution in [0.4, 0.5) is 0 Å². The molecule has 0 bridgehead atoms. The molecule has 0 aliphatic rings. The summed E-state index contributed by atoms with van der Waals surface area (Å²) in [7, 11) is 0. The van der Waals surface area contributed by atoms with Crippen molar-refractivity contribution in [3.05, 3.63) is 0 Å². The number of aliphatic hydroxyl groups is 1. The Kier molecular flexibility index (Phi) is 7.29. The fraction of sp³-hybridized carbons (Fsp3) is 0.875. The maximum absolute atomic E-state index is 11.0. The van der Waals surface area contributed by atoms with Crippen LogP contribution in [0.25, 0.3) is 0 Å². The predicted octanol–water partition coefficient (Wildman–Crippen LogP) is 0.583. The molecule has 0 saturated heterocycles. The van der Waals surface area contributed by atoms with Gasteiger partial charge in [0, 0.05) is 19.1 Å². The summed E-state index contributed by atoms with van der Waals surface area (Å²) >= 11 is 3.95. The van der Waals surface area contributed by atoms with E-state index in [0.29, 0.717) is 18.6 Å². The highest BCUT2D eigenvalue weighted by Gasteiger charge is 2.08. The average Bonchev–Trinajstić information content (AvgIpc) is 2.04. The number of carbonyl (C=O) groups is 1. The smallest absolute Gasteiger partial charge is 0.221 e. The van der Waals surface area contributed by atoms with Crippen LogP contribution in [0, 0.1) is 0 Å². The van der Waals surface area contributed by atoms with Gasteiger partial charge in [0.1, 0.15) is 0 Å². The summed E-state index contributed by atoms with van der Waals surface area (Å²) in [6.07, 6.45) is 1.94. The minimum Gasteiger partial charge on any atom is -0.396 e. The second-order valence-electron chi connectivity index (χ2n) is 2.66. The lowest BCUT2D eigenvalue weighted by Gasteiger charge is -2.14. The molecular formula is C8H17NO2S. The van der Waals surface area contributed by atoms with Gasteiger partial charge in [0.15, 0.2) is 0 Å². The van der Waals surface area contributed by atoms with Crippen LogP contribution in [-0.4, -0.2) is 29.4 Å². The lowest BCUT2D eigenvalue weighted by atomic mass is 10.1. The topological polar surface area (TPSA) is 49.3 Å². The monoisotopic (exact) mass is 191 g/mol. The fourth-order valence-corrected chi connectivity index (χ4v) is 1.14. The number of aliphatic hydroxyl groups excluding tert-OH is 1. The number of rotatable bonds is 6. The first-order valence-corrected chi connectivity index (χ1v) is 4.88. The van der Waals surface area contributed by atoms with E-state index in [2.05, 4.69) is 17.9 Å². The Bertz CT molecular complexity index is 130. The third-order valence-electron chi connectivity index (χ3n) is 1.67. The summed E-state index contributed by atoms with van der Waals surface area (Å²) in [4.78, 5) is 11.0. The van der Waals surface area contributed by atoms with Crippen LogP contribution in [0.1, 0.15) is 26.2 Å². The van der Waals surface area contributed by atoms with Crippen LogP contribution in [0.3, 0.4) is 0 Å². The largest absolute Gasteiger partial charge is 0.396 e. The molecule has 0 fully saturated rings. The molecule has 3 nitrogen and oxygen atoms in total. The van der Waals surface area contributed by atoms with Gasteiger partial charge in [0.25, 0.3) is 0 Å². The molecule has 1 atom stereocenters. The first-order chi connectivity index (χ1) is 5.74. The van der Waals surface area contributed by atoms with Crippen LogP contribution in [-0.2, 0) is 4.79 Å². The molecule has 72 valence electrons. The van der Waals surface area contributed by atoms with Crippen LogP contribution in [0.15, 0.2) is 0 Å². The molecule has 2 N–H and O–H groups in total. The molecule has 1 unspecified atom stereocenters. The quantitative estimate of drug-likeness (QED) is 0.538. The molecule has 12 heavy (non-hydrogen) atoms. The van der Waals surface area contributed by atoms with Crippen molar-refractivity contribution in [1.82, 2.24) is 5.32 Å². The van der Waals surface area contributed by atoms with Crippen LogP contribution >= 0.6 is 12.6 Å². The summed E-state index contributed by atoms with van der Waals surface area (Å²) in [6.45, 7) is 2.11. The molecule has 0 aromatic rings.